The third kappa shape index (κ3) is 7.24. The molecule has 6 heterocycles. The van der Waals surface area contributed by atoms with E-state index in [0.29, 0.717) is 27.6 Å². The number of imide groups is 2. The van der Waals surface area contributed by atoms with Gasteiger partial charge in [0, 0.05) is 82.3 Å². The maximum atomic E-state index is 13.6. The predicted octanol–water partition coefficient (Wildman–Crippen LogP) is 5.06. The van der Waals surface area contributed by atoms with Crippen molar-refractivity contribution in [3.8, 4) is 6.07 Å². The molecule has 5 amide bonds. The zero-order valence-electron chi connectivity index (χ0n) is 32.7. The lowest BCUT2D eigenvalue weighted by Crippen LogP contribution is -2.54. The standard InChI is InChI=1S/C45H48ClN7O5/c46-38-25-35(6-3-33(38)26-47)52-22-15-45(28-52)13-20-50(21-14-45)34-4-1-30(2-5-34)42(56)51-18-9-29(10-19-51)27-49-16-11-31-23-36-37(24-32(31)12-17-49)44(58)53(43(36)57)39-7-8-40(54)48-41(39)55/h1-6,23-25,29,39H,7-22,27-28H2,(H,48,54,55). The number of carbonyl (C=O) groups excluding carboxylic acids is 5. The highest BCUT2D eigenvalue weighted by atomic mass is 35.5. The predicted molar refractivity (Wildman–Crippen MR) is 219 cm³/mol. The van der Waals surface area contributed by atoms with Gasteiger partial charge in [-0.1, -0.05) is 11.6 Å². The molecule has 12 nitrogen and oxygen atoms in total. The summed E-state index contributed by atoms with van der Waals surface area (Å²) in [6.07, 6.45) is 7.06. The molecule has 9 rings (SSSR count). The van der Waals surface area contributed by atoms with Gasteiger partial charge in [-0.2, -0.15) is 5.26 Å². The first-order valence-electron chi connectivity index (χ1n) is 20.8. The van der Waals surface area contributed by atoms with Gasteiger partial charge in [0.15, 0.2) is 0 Å². The van der Waals surface area contributed by atoms with Crippen molar-refractivity contribution in [1.29, 1.82) is 5.26 Å². The minimum Gasteiger partial charge on any atom is -0.371 e. The molecular formula is C45H48ClN7O5. The second-order valence-electron chi connectivity index (χ2n) is 17.1. The van der Waals surface area contributed by atoms with E-state index in [2.05, 4.69) is 38.2 Å². The van der Waals surface area contributed by atoms with Gasteiger partial charge in [-0.3, -0.25) is 34.2 Å². The lowest BCUT2D eigenvalue weighted by Gasteiger charge is -2.40. The van der Waals surface area contributed by atoms with E-state index in [4.69, 9.17) is 11.6 Å². The van der Waals surface area contributed by atoms with Crippen LogP contribution >= 0.6 is 11.6 Å². The van der Waals surface area contributed by atoms with Gasteiger partial charge in [0.05, 0.1) is 21.7 Å². The first-order valence-corrected chi connectivity index (χ1v) is 21.1. The molecule has 0 saturated carbocycles. The average molecular weight is 802 g/mol. The molecule has 0 aliphatic carbocycles. The van der Waals surface area contributed by atoms with Gasteiger partial charge >= 0.3 is 0 Å². The molecule has 13 heteroatoms. The fourth-order valence-electron chi connectivity index (χ4n) is 10.2. The molecule has 3 aromatic carbocycles. The first-order chi connectivity index (χ1) is 28.1. The van der Waals surface area contributed by atoms with Crippen LogP contribution in [0.25, 0.3) is 0 Å². The molecular weight excluding hydrogens is 754 g/mol. The van der Waals surface area contributed by atoms with Gasteiger partial charge in [0.2, 0.25) is 11.8 Å². The first kappa shape index (κ1) is 38.3. The van der Waals surface area contributed by atoms with Crippen LogP contribution in [0.2, 0.25) is 5.02 Å². The summed E-state index contributed by atoms with van der Waals surface area (Å²) in [5.74, 6) is -1.33. The molecule has 1 atom stereocenters. The molecule has 58 heavy (non-hydrogen) atoms. The molecule has 1 unspecified atom stereocenters. The number of hydrogen-bond acceptors (Lipinski definition) is 9. The van der Waals surface area contributed by atoms with E-state index in [1.807, 2.05) is 47.4 Å². The highest BCUT2D eigenvalue weighted by molar-refractivity contribution is 6.32. The van der Waals surface area contributed by atoms with E-state index in [1.165, 1.54) is 0 Å². The number of likely N-dealkylation sites (tertiary alicyclic amines) is 1. The fraction of sp³-hybridized carbons (Fsp3) is 0.467. The molecule has 0 aromatic heterocycles. The molecule has 3 aromatic rings. The largest absolute Gasteiger partial charge is 0.371 e. The number of nitrogens with zero attached hydrogens (tertiary/aromatic N) is 6. The summed E-state index contributed by atoms with van der Waals surface area (Å²) in [6, 6.07) is 18.8. The highest BCUT2D eigenvalue weighted by Crippen LogP contribution is 2.43. The van der Waals surface area contributed by atoms with Gasteiger partial charge in [0.1, 0.15) is 12.1 Å². The van der Waals surface area contributed by atoms with Crippen molar-refractivity contribution < 1.29 is 24.0 Å². The van der Waals surface area contributed by atoms with Crippen molar-refractivity contribution in [2.45, 2.75) is 63.8 Å². The Bertz CT molecular complexity index is 2170. The summed E-state index contributed by atoms with van der Waals surface area (Å²) in [5.41, 5.74) is 6.60. The van der Waals surface area contributed by atoms with Crippen LogP contribution in [-0.2, 0) is 22.4 Å². The average Bonchev–Trinajstić information content (AvgIpc) is 3.67. The van der Waals surface area contributed by atoms with Gasteiger partial charge < -0.3 is 19.6 Å². The van der Waals surface area contributed by atoms with Crippen LogP contribution in [0.4, 0.5) is 11.4 Å². The van der Waals surface area contributed by atoms with E-state index in [0.717, 1.165) is 137 Å². The fourth-order valence-corrected chi connectivity index (χ4v) is 10.4. The Morgan fingerprint density at radius 3 is 1.98 bits per heavy atom. The summed E-state index contributed by atoms with van der Waals surface area (Å²) in [7, 11) is 0. The number of benzene rings is 3. The lowest BCUT2D eigenvalue weighted by molar-refractivity contribution is -0.136. The number of nitriles is 1. The second kappa shape index (κ2) is 15.5. The Morgan fingerprint density at radius 1 is 0.759 bits per heavy atom. The van der Waals surface area contributed by atoms with E-state index in [1.54, 1.807) is 0 Å². The summed E-state index contributed by atoms with van der Waals surface area (Å²) in [4.78, 5) is 74.8. The van der Waals surface area contributed by atoms with Crippen LogP contribution in [0.1, 0.15) is 92.7 Å². The van der Waals surface area contributed by atoms with Crippen LogP contribution in [0.3, 0.4) is 0 Å². The smallest absolute Gasteiger partial charge is 0.262 e. The van der Waals surface area contributed by atoms with Gasteiger partial charge in [-0.25, -0.2) is 0 Å². The van der Waals surface area contributed by atoms with E-state index >= 15 is 0 Å². The molecule has 1 spiro atoms. The zero-order chi connectivity index (χ0) is 40.1. The van der Waals surface area contributed by atoms with Crippen LogP contribution in [0, 0.1) is 22.7 Å². The van der Waals surface area contributed by atoms with Gasteiger partial charge in [-0.15, -0.1) is 0 Å². The maximum Gasteiger partial charge on any atom is 0.262 e. The normalized spacial score (nSPS) is 22.5. The van der Waals surface area contributed by atoms with Crippen molar-refractivity contribution in [3.05, 3.63) is 93.0 Å². The number of hydrogen-bond donors (Lipinski definition) is 1. The number of carbonyl (C=O) groups is 5. The Labute approximate surface area is 343 Å². The third-order valence-electron chi connectivity index (χ3n) is 13.8. The number of halogens is 1. The summed E-state index contributed by atoms with van der Waals surface area (Å²) in [6.45, 7) is 8.09. The highest BCUT2D eigenvalue weighted by Gasteiger charge is 2.45. The summed E-state index contributed by atoms with van der Waals surface area (Å²) in [5, 5.41) is 12.0. The molecule has 0 bridgehead atoms. The minimum atomic E-state index is -0.962. The molecule has 0 radical (unpaired) electrons. The van der Waals surface area contributed by atoms with Crippen LogP contribution in [0.5, 0.6) is 0 Å². The number of fused-ring (bicyclic) bond motifs is 2. The summed E-state index contributed by atoms with van der Waals surface area (Å²) >= 11 is 6.33. The number of rotatable bonds is 6. The zero-order valence-corrected chi connectivity index (χ0v) is 33.4. The maximum absolute atomic E-state index is 13.6. The van der Waals surface area contributed by atoms with E-state index < -0.39 is 23.8 Å². The van der Waals surface area contributed by atoms with Gasteiger partial charge in [-0.05, 0) is 128 Å². The third-order valence-corrected chi connectivity index (χ3v) is 14.1. The Kier molecular flexibility index (Phi) is 10.2. The van der Waals surface area contributed by atoms with Crippen molar-refractivity contribution in [3.63, 3.8) is 0 Å². The van der Waals surface area contributed by atoms with E-state index in [9.17, 15) is 29.2 Å². The van der Waals surface area contributed by atoms with Crippen molar-refractivity contribution in [2.75, 3.05) is 68.7 Å². The van der Waals surface area contributed by atoms with Crippen LogP contribution in [0.15, 0.2) is 54.6 Å². The second-order valence-corrected chi connectivity index (χ2v) is 17.5. The number of anilines is 2. The monoisotopic (exact) mass is 801 g/mol. The lowest BCUT2D eigenvalue weighted by atomic mass is 9.77. The minimum absolute atomic E-state index is 0.0927. The number of amides is 5. The molecule has 4 saturated heterocycles. The number of nitrogens with one attached hydrogen (secondary N) is 1. The Hall–Kier alpha value is -5.25. The number of piperidine rings is 3. The van der Waals surface area contributed by atoms with Crippen molar-refractivity contribution in [1.82, 2.24) is 20.0 Å². The molecule has 6 aliphatic heterocycles. The van der Waals surface area contributed by atoms with Gasteiger partial charge in [0.25, 0.3) is 17.7 Å². The van der Waals surface area contributed by atoms with Crippen LogP contribution in [-0.4, -0.2) is 109 Å². The quantitative estimate of drug-likeness (QED) is 0.339. The molecule has 300 valence electrons. The van der Waals surface area contributed by atoms with Crippen molar-refractivity contribution >= 4 is 52.5 Å². The molecule has 4 fully saturated rings. The van der Waals surface area contributed by atoms with E-state index in [-0.39, 0.29) is 30.1 Å². The Morgan fingerprint density at radius 2 is 1.38 bits per heavy atom. The summed E-state index contributed by atoms with van der Waals surface area (Å²) < 4.78 is 0. The SMILES string of the molecule is N#Cc1ccc(N2CCC3(CCN(c4ccc(C(=O)N5CCC(CN6CCc7cc8c(cc7CC6)C(=O)N(C6CCC(=O)NC6=O)C8=O)CC5)cc4)CC3)C2)cc1Cl. The van der Waals surface area contributed by atoms with Crippen molar-refractivity contribution in [2.24, 2.45) is 11.3 Å². The topological polar surface area (TPSA) is 137 Å². The molecule has 6 aliphatic rings. The van der Waals surface area contributed by atoms with Crippen LogP contribution < -0.4 is 15.1 Å². The molecule has 1 N–H and O–H groups in total. The Balaban J connectivity index is 0.734.